The zero-order valence-electron chi connectivity index (χ0n) is 8.32. The summed E-state index contributed by atoms with van der Waals surface area (Å²) >= 11 is 0. The van der Waals surface area contributed by atoms with Gasteiger partial charge in [0.25, 0.3) is 0 Å². The van der Waals surface area contributed by atoms with E-state index in [2.05, 4.69) is 4.90 Å². The molecule has 78 valence electrons. The van der Waals surface area contributed by atoms with Crippen molar-refractivity contribution in [2.45, 2.75) is 25.3 Å². The van der Waals surface area contributed by atoms with E-state index in [0.29, 0.717) is 19.0 Å². The zero-order chi connectivity index (χ0) is 9.97. The van der Waals surface area contributed by atoms with Crippen molar-refractivity contribution in [2.24, 2.45) is 0 Å². The lowest BCUT2D eigenvalue weighted by Crippen LogP contribution is -2.51. The number of nitrogens with zero attached hydrogens (tertiary/aromatic N) is 2. The monoisotopic (exact) mass is 196 g/mol. The van der Waals surface area contributed by atoms with E-state index >= 15 is 0 Å². The highest BCUT2D eigenvalue weighted by Gasteiger charge is 2.35. The maximum atomic E-state index is 11.6. The summed E-state index contributed by atoms with van der Waals surface area (Å²) in [4.78, 5) is 25.9. The number of piperazine rings is 1. The number of carbonyl (C=O) groups excluding carboxylic acids is 2. The van der Waals surface area contributed by atoms with E-state index in [-0.39, 0.29) is 5.91 Å². The first-order valence-corrected chi connectivity index (χ1v) is 5.26. The maximum absolute atomic E-state index is 11.6. The van der Waals surface area contributed by atoms with Gasteiger partial charge in [0.05, 0.1) is 6.54 Å². The Labute approximate surface area is 83.9 Å². The highest BCUT2D eigenvalue weighted by molar-refractivity contribution is 5.79. The van der Waals surface area contributed by atoms with Crippen LogP contribution in [-0.4, -0.2) is 54.2 Å². The highest BCUT2D eigenvalue weighted by Crippen LogP contribution is 2.27. The smallest absolute Gasteiger partial charge is 0.237 e. The SMILES string of the molecule is O=CCCN1CCN(C2CC2)C(=O)C1. The molecule has 2 aliphatic rings. The van der Waals surface area contributed by atoms with E-state index in [0.717, 1.165) is 25.9 Å². The van der Waals surface area contributed by atoms with Crippen LogP contribution >= 0.6 is 0 Å². The largest absolute Gasteiger partial charge is 0.337 e. The molecule has 1 aliphatic heterocycles. The van der Waals surface area contributed by atoms with Crippen LogP contribution in [0.1, 0.15) is 19.3 Å². The van der Waals surface area contributed by atoms with Crippen molar-refractivity contribution in [3.8, 4) is 0 Å². The van der Waals surface area contributed by atoms with E-state index in [1.807, 2.05) is 4.90 Å². The molecule has 1 amide bonds. The molecule has 1 saturated carbocycles. The molecule has 0 spiro atoms. The number of rotatable bonds is 4. The fraction of sp³-hybridized carbons (Fsp3) is 0.800. The molecule has 0 aromatic rings. The lowest BCUT2D eigenvalue weighted by molar-refractivity contribution is -0.136. The molecule has 0 bridgehead atoms. The van der Waals surface area contributed by atoms with Crippen molar-refractivity contribution in [3.63, 3.8) is 0 Å². The Kier molecular flexibility index (Phi) is 2.82. The van der Waals surface area contributed by atoms with E-state index in [4.69, 9.17) is 0 Å². The van der Waals surface area contributed by atoms with Crippen molar-refractivity contribution in [1.29, 1.82) is 0 Å². The molecule has 1 saturated heterocycles. The molecule has 14 heavy (non-hydrogen) atoms. The van der Waals surface area contributed by atoms with Gasteiger partial charge in [-0.15, -0.1) is 0 Å². The van der Waals surface area contributed by atoms with Crippen LogP contribution in [0.2, 0.25) is 0 Å². The standard InChI is InChI=1S/C10H16N2O2/c13-7-1-4-11-5-6-12(9-2-3-9)10(14)8-11/h7,9H,1-6,8H2. The van der Waals surface area contributed by atoms with Gasteiger partial charge in [0.15, 0.2) is 0 Å². The normalized spacial score (nSPS) is 24.0. The Morgan fingerprint density at radius 2 is 2.14 bits per heavy atom. The molecule has 2 rings (SSSR count). The van der Waals surface area contributed by atoms with Crippen LogP contribution in [-0.2, 0) is 9.59 Å². The van der Waals surface area contributed by atoms with Crippen molar-refractivity contribution < 1.29 is 9.59 Å². The summed E-state index contributed by atoms with van der Waals surface area (Å²) < 4.78 is 0. The molecular formula is C10H16N2O2. The first kappa shape index (κ1) is 9.65. The topological polar surface area (TPSA) is 40.6 Å². The van der Waals surface area contributed by atoms with Crippen molar-refractivity contribution >= 4 is 12.2 Å². The summed E-state index contributed by atoms with van der Waals surface area (Å²) in [6, 6.07) is 0.538. The van der Waals surface area contributed by atoms with Crippen LogP contribution in [0.5, 0.6) is 0 Å². The minimum atomic E-state index is 0.240. The van der Waals surface area contributed by atoms with Crippen molar-refractivity contribution in [3.05, 3.63) is 0 Å². The Bertz CT molecular complexity index is 238. The van der Waals surface area contributed by atoms with E-state index < -0.39 is 0 Å². The van der Waals surface area contributed by atoms with Gasteiger partial charge in [0, 0.05) is 32.1 Å². The second-order valence-electron chi connectivity index (χ2n) is 4.05. The van der Waals surface area contributed by atoms with E-state index in [9.17, 15) is 9.59 Å². The lowest BCUT2D eigenvalue weighted by Gasteiger charge is -2.34. The van der Waals surface area contributed by atoms with Gasteiger partial charge in [-0.25, -0.2) is 0 Å². The Hall–Kier alpha value is -0.900. The third-order valence-corrected chi connectivity index (χ3v) is 2.89. The first-order chi connectivity index (χ1) is 6.81. The number of hydrogen-bond donors (Lipinski definition) is 0. The van der Waals surface area contributed by atoms with Crippen molar-refractivity contribution in [2.75, 3.05) is 26.2 Å². The molecule has 2 fully saturated rings. The van der Waals surface area contributed by atoms with Crippen LogP contribution in [0.4, 0.5) is 0 Å². The van der Waals surface area contributed by atoms with Crippen LogP contribution in [0.25, 0.3) is 0 Å². The number of hydrogen-bond acceptors (Lipinski definition) is 3. The molecule has 1 heterocycles. The summed E-state index contributed by atoms with van der Waals surface area (Å²) in [6.07, 6.45) is 3.81. The Morgan fingerprint density at radius 1 is 1.36 bits per heavy atom. The summed E-state index contributed by atoms with van der Waals surface area (Å²) in [7, 11) is 0. The van der Waals surface area contributed by atoms with Gasteiger partial charge in [-0.1, -0.05) is 0 Å². The fourth-order valence-corrected chi connectivity index (χ4v) is 1.93. The van der Waals surface area contributed by atoms with Gasteiger partial charge in [-0.3, -0.25) is 9.69 Å². The molecule has 0 radical (unpaired) electrons. The lowest BCUT2D eigenvalue weighted by atomic mass is 10.3. The third-order valence-electron chi connectivity index (χ3n) is 2.89. The predicted molar refractivity (Wildman–Crippen MR) is 51.9 cm³/mol. The minimum absolute atomic E-state index is 0.240. The fourth-order valence-electron chi connectivity index (χ4n) is 1.93. The molecule has 4 nitrogen and oxygen atoms in total. The summed E-state index contributed by atoms with van der Waals surface area (Å²) in [5, 5.41) is 0. The predicted octanol–water partition coefficient (Wildman–Crippen LogP) is -0.118. The molecule has 4 heteroatoms. The molecule has 0 atom stereocenters. The minimum Gasteiger partial charge on any atom is -0.337 e. The molecule has 0 N–H and O–H groups in total. The molecule has 0 unspecified atom stereocenters. The molecule has 0 aromatic carbocycles. The third kappa shape index (κ3) is 2.12. The number of amides is 1. The summed E-state index contributed by atoms with van der Waals surface area (Å²) in [5.74, 6) is 0.240. The van der Waals surface area contributed by atoms with Gasteiger partial charge in [0.2, 0.25) is 5.91 Å². The van der Waals surface area contributed by atoms with Gasteiger partial charge in [0.1, 0.15) is 6.29 Å². The quantitative estimate of drug-likeness (QED) is 0.589. The second-order valence-corrected chi connectivity index (χ2v) is 4.05. The van der Waals surface area contributed by atoms with Gasteiger partial charge < -0.3 is 9.69 Å². The van der Waals surface area contributed by atoms with E-state index in [1.54, 1.807) is 0 Å². The summed E-state index contributed by atoms with van der Waals surface area (Å²) in [6.45, 7) is 3.01. The van der Waals surface area contributed by atoms with Gasteiger partial charge >= 0.3 is 0 Å². The summed E-state index contributed by atoms with van der Waals surface area (Å²) in [5.41, 5.74) is 0. The number of carbonyl (C=O) groups is 2. The Balaban J connectivity index is 1.79. The molecule has 0 aromatic heterocycles. The van der Waals surface area contributed by atoms with Crippen LogP contribution in [0.3, 0.4) is 0 Å². The average molecular weight is 196 g/mol. The molecule has 1 aliphatic carbocycles. The molecular weight excluding hydrogens is 180 g/mol. The average Bonchev–Trinajstić information content (AvgIpc) is 2.98. The van der Waals surface area contributed by atoms with E-state index in [1.165, 1.54) is 12.8 Å². The zero-order valence-corrected chi connectivity index (χ0v) is 8.32. The Morgan fingerprint density at radius 3 is 2.71 bits per heavy atom. The highest BCUT2D eigenvalue weighted by atomic mass is 16.2. The number of aldehydes is 1. The van der Waals surface area contributed by atoms with Crippen LogP contribution in [0.15, 0.2) is 0 Å². The van der Waals surface area contributed by atoms with Gasteiger partial charge in [-0.2, -0.15) is 0 Å². The van der Waals surface area contributed by atoms with Crippen LogP contribution in [0, 0.1) is 0 Å². The first-order valence-electron chi connectivity index (χ1n) is 5.26. The second kappa shape index (κ2) is 4.09. The van der Waals surface area contributed by atoms with Gasteiger partial charge in [-0.05, 0) is 12.8 Å². The maximum Gasteiger partial charge on any atom is 0.237 e. The van der Waals surface area contributed by atoms with Crippen LogP contribution < -0.4 is 0 Å². The van der Waals surface area contributed by atoms with Crippen molar-refractivity contribution in [1.82, 2.24) is 9.80 Å².